The molecule has 27 heavy (non-hydrogen) atoms. The van der Waals surface area contributed by atoms with Crippen LogP contribution in [0.5, 0.6) is 0 Å². The van der Waals surface area contributed by atoms with Gasteiger partial charge in [-0.05, 0) is 51.0 Å². The standard InChI is InChI=1S/C21H29N5.HI/c1-4-22-21(24-14-20-17(3)6-5-12-23-20)25-18-11-13-26(15-18)19-9-7-16(2)8-10-19;/h5-10,12,18H,4,11,13-15H2,1-3H3,(H2,22,24,25);1H. The third-order valence-electron chi connectivity index (χ3n) is 4.78. The first-order chi connectivity index (χ1) is 12.7. The van der Waals surface area contributed by atoms with Crippen LogP contribution in [-0.4, -0.2) is 36.6 Å². The van der Waals surface area contributed by atoms with E-state index in [1.165, 1.54) is 16.8 Å². The van der Waals surface area contributed by atoms with Gasteiger partial charge < -0.3 is 15.5 Å². The molecule has 0 amide bonds. The SMILES string of the molecule is CCNC(=NCc1ncccc1C)NC1CCN(c2ccc(C)cc2)C1.I. The van der Waals surface area contributed by atoms with E-state index in [4.69, 9.17) is 4.99 Å². The van der Waals surface area contributed by atoms with E-state index >= 15 is 0 Å². The van der Waals surface area contributed by atoms with Crippen molar-refractivity contribution in [3.8, 4) is 0 Å². The first-order valence-corrected chi connectivity index (χ1v) is 9.42. The van der Waals surface area contributed by atoms with Crippen molar-refractivity contribution in [3.05, 3.63) is 59.4 Å². The minimum absolute atomic E-state index is 0. The first kappa shape index (κ1) is 21.5. The molecule has 0 radical (unpaired) electrons. The fourth-order valence-corrected chi connectivity index (χ4v) is 3.22. The van der Waals surface area contributed by atoms with Crippen LogP contribution in [0.25, 0.3) is 0 Å². The summed E-state index contributed by atoms with van der Waals surface area (Å²) in [6.07, 6.45) is 2.94. The van der Waals surface area contributed by atoms with Gasteiger partial charge in [-0.15, -0.1) is 24.0 Å². The van der Waals surface area contributed by atoms with Crippen molar-refractivity contribution in [2.24, 2.45) is 4.99 Å². The summed E-state index contributed by atoms with van der Waals surface area (Å²) in [7, 11) is 0. The number of aromatic nitrogens is 1. The number of nitrogens with zero attached hydrogens (tertiary/aromatic N) is 3. The van der Waals surface area contributed by atoms with E-state index in [1.54, 1.807) is 0 Å². The summed E-state index contributed by atoms with van der Waals surface area (Å²) in [5, 5.41) is 6.94. The largest absolute Gasteiger partial charge is 0.369 e. The molecule has 1 aromatic carbocycles. The van der Waals surface area contributed by atoms with E-state index in [0.717, 1.165) is 37.7 Å². The zero-order chi connectivity index (χ0) is 18.4. The normalized spacial score (nSPS) is 16.8. The second-order valence-corrected chi connectivity index (χ2v) is 6.87. The van der Waals surface area contributed by atoms with E-state index < -0.39 is 0 Å². The molecule has 3 rings (SSSR count). The van der Waals surface area contributed by atoms with Gasteiger partial charge in [-0.3, -0.25) is 4.98 Å². The van der Waals surface area contributed by atoms with Gasteiger partial charge in [-0.2, -0.15) is 0 Å². The first-order valence-electron chi connectivity index (χ1n) is 9.42. The van der Waals surface area contributed by atoms with Crippen molar-refractivity contribution in [1.82, 2.24) is 15.6 Å². The highest BCUT2D eigenvalue weighted by Gasteiger charge is 2.23. The Labute approximate surface area is 179 Å². The third-order valence-corrected chi connectivity index (χ3v) is 4.78. The summed E-state index contributed by atoms with van der Waals surface area (Å²) in [4.78, 5) is 11.6. The lowest BCUT2D eigenvalue weighted by molar-refractivity contribution is 0.648. The molecule has 1 atom stereocenters. The van der Waals surface area contributed by atoms with Gasteiger partial charge in [-0.1, -0.05) is 23.8 Å². The minimum atomic E-state index is 0. The van der Waals surface area contributed by atoms with E-state index in [2.05, 4.69) is 71.6 Å². The zero-order valence-corrected chi connectivity index (χ0v) is 18.7. The highest BCUT2D eigenvalue weighted by molar-refractivity contribution is 14.0. The van der Waals surface area contributed by atoms with Crippen LogP contribution in [0.1, 0.15) is 30.2 Å². The van der Waals surface area contributed by atoms with Crippen LogP contribution >= 0.6 is 24.0 Å². The Bertz CT molecular complexity index is 744. The highest BCUT2D eigenvalue weighted by Crippen LogP contribution is 2.20. The second-order valence-electron chi connectivity index (χ2n) is 6.87. The fraction of sp³-hybridized carbons (Fsp3) is 0.429. The molecule has 1 aromatic heterocycles. The van der Waals surface area contributed by atoms with Gasteiger partial charge in [0.05, 0.1) is 12.2 Å². The number of nitrogens with one attached hydrogen (secondary N) is 2. The maximum absolute atomic E-state index is 4.73. The average Bonchev–Trinajstić information content (AvgIpc) is 3.10. The Kier molecular flexibility index (Phi) is 8.34. The van der Waals surface area contributed by atoms with Crippen molar-refractivity contribution in [1.29, 1.82) is 0 Å². The molecular formula is C21H30IN5. The summed E-state index contributed by atoms with van der Waals surface area (Å²) in [5.41, 5.74) is 4.80. The quantitative estimate of drug-likeness (QED) is 0.391. The summed E-state index contributed by atoms with van der Waals surface area (Å²) < 4.78 is 0. The average molecular weight is 479 g/mol. The number of halogens is 1. The van der Waals surface area contributed by atoms with Crippen LogP contribution in [0.4, 0.5) is 5.69 Å². The molecule has 146 valence electrons. The van der Waals surface area contributed by atoms with Gasteiger partial charge in [0, 0.05) is 37.6 Å². The van der Waals surface area contributed by atoms with Crippen molar-refractivity contribution in [2.75, 3.05) is 24.5 Å². The summed E-state index contributed by atoms with van der Waals surface area (Å²) in [6, 6.07) is 13.2. The molecule has 1 fully saturated rings. The molecule has 1 aliphatic heterocycles. The van der Waals surface area contributed by atoms with Crippen LogP contribution in [0.3, 0.4) is 0 Å². The van der Waals surface area contributed by atoms with Crippen molar-refractivity contribution < 1.29 is 0 Å². The maximum Gasteiger partial charge on any atom is 0.191 e. The molecule has 1 aliphatic rings. The van der Waals surface area contributed by atoms with Gasteiger partial charge in [-0.25, -0.2) is 4.99 Å². The lowest BCUT2D eigenvalue weighted by atomic mass is 10.2. The molecule has 6 heteroatoms. The predicted molar refractivity (Wildman–Crippen MR) is 124 cm³/mol. The van der Waals surface area contributed by atoms with Crippen LogP contribution in [0.15, 0.2) is 47.6 Å². The Morgan fingerprint density at radius 1 is 1.22 bits per heavy atom. The molecule has 0 spiro atoms. The van der Waals surface area contributed by atoms with E-state index in [-0.39, 0.29) is 24.0 Å². The number of hydrogen-bond acceptors (Lipinski definition) is 3. The summed E-state index contributed by atoms with van der Waals surface area (Å²) >= 11 is 0. The molecule has 1 unspecified atom stereocenters. The molecular weight excluding hydrogens is 449 g/mol. The number of benzene rings is 1. The Balaban J connectivity index is 0.00000261. The van der Waals surface area contributed by atoms with Gasteiger partial charge in [0.25, 0.3) is 0 Å². The van der Waals surface area contributed by atoms with Crippen LogP contribution in [-0.2, 0) is 6.54 Å². The summed E-state index contributed by atoms with van der Waals surface area (Å²) in [6.45, 7) is 9.80. The molecule has 0 bridgehead atoms. The molecule has 0 saturated carbocycles. The van der Waals surface area contributed by atoms with Crippen molar-refractivity contribution >= 4 is 35.6 Å². The second kappa shape index (κ2) is 10.5. The smallest absolute Gasteiger partial charge is 0.191 e. The number of aryl methyl sites for hydroxylation is 2. The summed E-state index contributed by atoms with van der Waals surface area (Å²) in [5.74, 6) is 0.869. The van der Waals surface area contributed by atoms with Crippen LogP contribution in [0.2, 0.25) is 0 Å². The van der Waals surface area contributed by atoms with Crippen LogP contribution < -0.4 is 15.5 Å². The Morgan fingerprint density at radius 2 is 2.00 bits per heavy atom. The van der Waals surface area contributed by atoms with Crippen molar-refractivity contribution in [2.45, 2.75) is 39.8 Å². The number of aliphatic imine (C=N–C) groups is 1. The van der Waals surface area contributed by atoms with Gasteiger partial charge >= 0.3 is 0 Å². The molecule has 1 saturated heterocycles. The fourth-order valence-electron chi connectivity index (χ4n) is 3.22. The third kappa shape index (κ3) is 6.09. The lowest BCUT2D eigenvalue weighted by Gasteiger charge is -2.20. The van der Waals surface area contributed by atoms with E-state index in [0.29, 0.717) is 12.6 Å². The van der Waals surface area contributed by atoms with Gasteiger partial charge in [0.2, 0.25) is 0 Å². The van der Waals surface area contributed by atoms with E-state index in [1.807, 2.05) is 12.3 Å². The van der Waals surface area contributed by atoms with E-state index in [9.17, 15) is 0 Å². The number of guanidine groups is 1. The van der Waals surface area contributed by atoms with Crippen molar-refractivity contribution in [3.63, 3.8) is 0 Å². The molecule has 2 aromatic rings. The number of anilines is 1. The Hall–Kier alpha value is -1.83. The molecule has 5 nitrogen and oxygen atoms in total. The number of rotatable bonds is 5. The molecule has 2 heterocycles. The number of pyridine rings is 1. The predicted octanol–water partition coefficient (Wildman–Crippen LogP) is 3.65. The zero-order valence-electron chi connectivity index (χ0n) is 16.4. The van der Waals surface area contributed by atoms with Gasteiger partial charge in [0.1, 0.15) is 0 Å². The Morgan fingerprint density at radius 3 is 2.70 bits per heavy atom. The van der Waals surface area contributed by atoms with Crippen LogP contribution in [0, 0.1) is 13.8 Å². The molecule has 2 N–H and O–H groups in total. The lowest BCUT2D eigenvalue weighted by Crippen LogP contribution is -2.44. The minimum Gasteiger partial charge on any atom is -0.369 e. The number of hydrogen-bond donors (Lipinski definition) is 2. The van der Waals surface area contributed by atoms with Gasteiger partial charge in [0.15, 0.2) is 5.96 Å². The molecule has 0 aliphatic carbocycles. The highest BCUT2D eigenvalue weighted by atomic mass is 127. The monoisotopic (exact) mass is 479 g/mol. The maximum atomic E-state index is 4.73. The topological polar surface area (TPSA) is 52.6 Å².